The van der Waals surface area contributed by atoms with Crippen molar-refractivity contribution in [2.24, 2.45) is 17.4 Å². The highest BCUT2D eigenvalue weighted by Gasteiger charge is 2.48. The first-order chi connectivity index (χ1) is 63.7. The van der Waals surface area contributed by atoms with Gasteiger partial charge in [-0.25, -0.2) is 8.78 Å². The van der Waals surface area contributed by atoms with Gasteiger partial charge in [0.2, 0.25) is 88.6 Å². The summed E-state index contributed by atoms with van der Waals surface area (Å²) < 4.78 is 29.8. The van der Waals surface area contributed by atoms with Gasteiger partial charge in [-0.05, 0) is 96.3 Å². The lowest BCUT2D eigenvalue weighted by atomic mass is 9.98. The van der Waals surface area contributed by atoms with E-state index < -0.39 is 285 Å². The summed E-state index contributed by atoms with van der Waals surface area (Å²) in [7, 11) is 3.65. The van der Waals surface area contributed by atoms with E-state index in [2.05, 4.69) is 52.8 Å². The fourth-order valence-corrected chi connectivity index (χ4v) is 17.2. The molecule has 0 bridgehead atoms. The maximum atomic E-state index is 15.7. The summed E-state index contributed by atoms with van der Waals surface area (Å²) in [6.45, 7) is 2.71. The number of aromatic hydroxyl groups is 1. The summed E-state index contributed by atoms with van der Waals surface area (Å²) in [5.41, 5.74) is 13.6. The number of carbonyl (C=O) groups excluding carboxylic acids is 15. The first-order valence-corrected chi connectivity index (χ1v) is 45.2. The zero-order chi connectivity index (χ0) is 97.9. The van der Waals surface area contributed by atoms with Crippen molar-refractivity contribution < 1.29 is 116 Å². The number of rotatable bonds is 25. The smallest absolute Gasteiger partial charge is 0.305 e. The molecule has 9 rings (SSSR count). The van der Waals surface area contributed by atoms with Gasteiger partial charge < -0.3 is 114 Å². The van der Waals surface area contributed by atoms with Crippen molar-refractivity contribution >= 4 is 123 Å². The number of nitrogens with two attached hydrogens (primary N) is 2. The number of phenolic OH excluding ortho intramolecular Hbond substituents is 1. The van der Waals surface area contributed by atoms with E-state index in [1.54, 1.807) is 98.0 Å². The number of hydrogen-bond acceptors (Lipinski definition) is 22. The number of benzene rings is 5. The quantitative estimate of drug-likeness (QED) is 0.0334. The number of H-pyrrole nitrogens is 1. The van der Waals surface area contributed by atoms with Crippen LogP contribution in [0.25, 0.3) is 10.9 Å². The Morgan fingerprint density at radius 1 is 0.507 bits per heavy atom. The molecule has 3 fully saturated rings. The molecule has 4 heterocycles. The number of nitrogens with zero attached hydrogens (tertiary/aromatic N) is 5. The van der Waals surface area contributed by atoms with E-state index in [4.69, 9.17) is 11.5 Å². The van der Waals surface area contributed by atoms with Crippen molar-refractivity contribution in [3.63, 3.8) is 0 Å². The van der Waals surface area contributed by atoms with Gasteiger partial charge in [-0.2, -0.15) is 0 Å². The molecule has 1 aromatic heterocycles. The van der Waals surface area contributed by atoms with Gasteiger partial charge in [-0.3, -0.25) is 81.5 Å². The highest BCUT2D eigenvalue weighted by atomic mass is 32.2. The minimum atomic E-state index is -2.06. The van der Waals surface area contributed by atoms with Gasteiger partial charge in [0.1, 0.15) is 84.3 Å². The number of amides is 15. The molecule has 39 nitrogen and oxygen atoms in total. The summed E-state index contributed by atoms with van der Waals surface area (Å²) in [6, 6.07) is 8.85. The SMILES string of the molecule is CCCC[C@H]1C(=O)N2C[C@@H](O)C[C@@H]2C(=O)N[C@@H](CC(=O)O)C(=O)N[C@@H](C(C)C)C(=O)N(C)[C@@H](Cc2ccccc2)C(=O)N[C@@H](CCC(=O)O)C(=O)N2C[C@@H](O)C[C@@H]2C(=O)N[C@@H](Cc2c[nH]c3ccccc23)C(=O)N[C@@H](Cc2ccc(O)cc2)C(=O)N[C@@H](CCCN)C(=O)N[C@H](C(=O)NCC(N)=O)CSCC(=O)N[C@@H](Cc2ccc(F)c(F)c2)C(=O)N(C)[C@@H](Cc2ccccc2)C(=O)N1C. The molecule has 0 unspecified atom stereocenters. The second-order valence-electron chi connectivity index (χ2n) is 34.0. The molecule has 19 N–H and O–H groups in total. The lowest BCUT2D eigenvalue weighted by Gasteiger charge is -2.38. The number of thioether (sulfide) groups is 1. The van der Waals surface area contributed by atoms with E-state index in [1.807, 2.05) is 0 Å². The van der Waals surface area contributed by atoms with E-state index in [-0.39, 0.29) is 62.8 Å². The van der Waals surface area contributed by atoms with E-state index in [0.717, 1.165) is 42.7 Å². The number of unbranched alkanes of at least 4 members (excludes halogenated alkanes) is 1. The molecule has 15 amide bonds. The normalized spacial score (nSPS) is 24.6. The van der Waals surface area contributed by atoms with Crippen LogP contribution in [0, 0.1) is 17.6 Å². The topological polar surface area (TPSA) is 584 Å². The third-order valence-corrected chi connectivity index (χ3v) is 24.7. The average molecular weight is 1880 g/mol. The van der Waals surface area contributed by atoms with Crippen LogP contribution in [0.2, 0.25) is 0 Å². The monoisotopic (exact) mass is 1880 g/mol. The number of nitrogens with one attached hydrogen (secondary N) is 10. The molecule has 3 aliphatic heterocycles. The predicted molar refractivity (Wildman–Crippen MR) is 483 cm³/mol. The third kappa shape index (κ3) is 29.0. The van der Waals surface area contributed by atoms with Gasteiger partial charge >= 0.3 is 11.9 Å². The molecule has 3 saturated heterocycles. The van der Waals surface area contributed by atoms with E-state index in [0.29, 0.717) is 51.3 Å². The molecule has 0 aliphatic carbocycles. The molecule has 5 aromatic carbocycles. The Balaban J connectivity index is 1.14. The Kier molecular flexibility index (Phi) is 38.4. The number of carboxylic acid groups (broad SMARTS) is 2. The van der Waals surface area contributed by atoms with Crippen molar-refractivity contribution in [1.29, 1.82) is 0 Å². The van der Waals surface area contributed by atoms with E-state index in [9.17, 15) is 68.3 Å². The molecule has 6 aromatic rings. The van der Waals surface area contributed by atoms with Crippen molar-refractivity contribution in [3.05, 3.63) is 173 Å². The summed E-state index contributed by atoms with van der Waals surface area (Å²) in [4.78, 5) is 258. The highest BCUT2D eigenvalue weighted by Crippen LogP contribution is 2.29. The number of carboxylic acids is 2. The molecule has 722 valence electrons. The number of likely N-dealkylation sites (N-methyl/N-ethyl adjacent to an activating group) is 3. The number of aliphatic carboxylic acids is 2. The number of carbonyl (C=O) groups is 17. The summed E-state index contributed by atoms with van der Waals surface area (Å²) >= 11 is 0.681. The number of hydrogen-bond donors (Lipinski definition) is 17. The average Bonchev–Trinajstić information content (AvgIpc) is 1.45. The zero-order valence-electron chi connectivity index (χ0n) is 75.0. The second kappa shape index (κ2) is 49.3. The van der Waals surface area contributed by atoms with Crippen LogP contribution in [0.4, 0.5) is 8.78 Å². The molecule has 0 saturated carbocycles. The first-order valence-electron chi connectivity index (χ1n) is 44.1. The number of phenols is 1. The van der Waals surface area contributed by atoms with Crippen molar-refractivity contribution in [2.75, 3.05) is 58.8 Å². The lowest BCUT2D eigenvalue weighted by molar-refractivity contribution is -0.152. The molecule has 0 spiro atoms. The van der Waals surface area contributed by atoms with Gasteiger partial charge in [0.25, 0.3) is 0 Å². The summed E-state index contributed by atoms with van der Waals surface area (Å²) in [5.74, 6) is -23.9. The second-order valence-corrected chi connectivity index (χ2v) is 35.0. The molecule has 15 atom stereocenters. The first kappa shape index (κ1) is 104. The van der Waals surface area contributed by atoms with Gasteiger partial charge in [0.15, 0.2) is 11.6 Å². The molecule has 134 heavy (non-hydrogen) atoms. The largest absolute Gasteiger partial charge is 0.508 e. The van der Waals surface area contributed by atoms with Crippen molar-refractivity contribution in [1.82, 2.24) is 77.3 Å². The molecule has 42 heteroatoms. The Hall–Kier alpha value is -13.5. The number of fused-ring (bicyclic) bond motifs is 3. The number of para-hydroxylation sites is 1. The van der Waals surface area contributed by atoms with Crippen LogP contribution < -0.4 is 59.3 Å². The van der Waals surface area contributed by atoms with Crippen LogP contribution in [-0.2, 0) is 114 Å². The van der Waals surface area contributed by atoms with Gasteiger partial charge in [0, 0.05) is 108 Å². The summed E-state index contributed by atoms with van der Waals surface area (Å²) in [5, 5.41) is 77.4. The third-order valence-electron chi connectivity index (χ3n) is 23.6. The van der Waals surface area contributed by atoms with Crippen molar-refractivity contribution in [2.45, 2.75) is 208 Å². The number of primary amides is 1. The number of aliphatic hydroxyl groups excluding tert-OH is 2. The maximum Gasteiger partial charge on any atom is 0.305 e. The molecular weight excluding hydrogens is 1770 g/mol. The Morgan fingerprint density at radius 3 is 1.62 bits per heavy atom. The van der Waals surface area contributed by atoms with Crippen molar-refractivity contribution in [3.8, 4) is 5.75 Å². The number of aliphatic hydroxyl groups is 2. The predicted octanol–water partition coefficient (Wildman–Crippen LogP) is -0.779. The van der Waals surface area contributed by atoms with E-state index >= 15 is 47.5 Å². The van der Waals surface area contributed by atoms with Gasteiger partial charge in [-0.15, -0.1) is 11.8 Å². The number of aromatic nitrogens is 1. The zero-order valence-corrected chi connectivity index (χ0v) is 75.8. The summed E-state index contributed by atoms with van der Waals surface area (Å²) in [6.07, 6.45) is -6.75. The molecule has 0 radical (unpaired) electrons. The fourth-order valence-electron chi connectivity index (χ4n) is 16.3. The van der Waals surface area contributed by atoms with Crippen LogP contribution >= 0.6 is 11.8 Å². The van der Waals surface area contributed by atoms with Crippen LogP contribution in [0.5, 0.6) is 5.75 Å². The van der Waals surface area contributed by atoms with Crippen LogP contribution in [0.15, 0.2) is 134 Å². The minimum absolute atomic E-state index is 0.0125. The number of aromatic amines is 1. The van der Waals surface area contributed by atoms with Gasteiger partial charge in [-0.1, -0.05) is 131 Å². The molecule has 3 aliphatic rings. The molecular formula is C92H117F2N17O22S. The van der Waals surface area contributed by atoms with E-state index in [1.165, 1.54) is 59.3 Å². The van der Waals surface area contributed by atoms with Gasteiger partial charge in [0.05, 0.1) is 30.9 Å². The Bertz CT molecular complexity index is 5220. The maximum absolute atomic E-state index is 15.7. The van der Waals surface area contributed by atoms with Crippen LogP contribution in [0.3, 0.4) is 0 Å². The minimum Gasteiger partial charge on any atom is -0.508 e. The Labute approximate surface area is 775 Å². The number of halogens is 2. The standard InChI is InChI=1S/C92H117F2N17O22S/c1-7-8-25-70-91(132)111-47-58(114)42-73(111)87(128)104-67(43-78(119)120)84(125)106-79(50(2)3)92(133)108(5)71(38-51-18-11-9-12-19-51)85(126)101-64(32-33-77(117)118)89(130)110-46-57(113)41-72(110)86(127)103-66(40-55-44-97-62-23-16-15-22-59(55)62)83(124)102-65(36-53-26-29-56(112)30-27-53)82(123)100-63(24-17-34-95)81(122)105-69(80(121)98-45-75(96)115)48-134-49-76(116)99-68(37-54-28-31-60(93)61(94)35-54)88(129)109(6)74(90(131)107(70)4)39-52-20-13-10-14-21-52/h9-16,18-23,26-31,35,44,50,57-58,63-74,79,97,112-114H,7-8,17,24-25,32-34,36-43,45-49,95H2,1-6H3,(H2,96,115)(H,98,121)(H,99,116)(H,100,123)(H,101,126)(H,102,124)(H,103,127)(H,104,128)(H,105,122)(H,106,125)(H,117,118)(H,119,120)/t57-,58-,63-,64-,65-,66-,67-,68-,69-,70-,71-,72+,73+,74-,79-/m0/s1. The fraction of sp³-hybridized carbons (Fsp3) is 0.467. The Morgan fingerprint density at radius 2 is 1.03 bits per heavy atom. The highest BCUT2D eigenvalue weighted by molar-refractivity contribution is 8.00. The lowest BCUT2D eigenvalue weighted by Crippen LogP contribution is -2.62. The van der Waals surface area contributed by atoms with Crippen LogP contribution in [0.1, 0.15) is 113 Å². The van der Waals surface area contributed by atoms with Crippen LogP contribution in [-0.4, -0.2) is 305 Å².